The van der Waals surface area contributed by atoms with Crippen LogP contribution < -0.4 is 10.2 Å². The number of aliphatic hydroxyl groups is 1. The van der Waals surface area contributed by atoms with Gasteiger partial charge >= 0.3 is 0 Å². The average Bonchev–Trinajstić information content (AvgIpc) is 3.21. The number of anilines is 1. The lowest BCUT2D eigenvalue weighted by Crippen LogP contribution is -3.21. The Balaban J connectivity index is 1.65. The number of carbonyl (C=O) groups is 1. The monoisotopic (exact) mass is 517 g/mol. The molecule has 2 aliphatic heterocycles. The number of amides is 1. The lowest BCUT2D eigenvalue weighted by atomic mass is 9.92. The van der Waals surface area contributed by atoms with Gasteiger partial charge in [-0.3, -0.25) is 14.6 Å². The minimum absolute atomic E-state index is 0.00909. The molecule has 6 nitrogen and oxygen atoms in total. The first kappa shape index (κ1) is 25.2. The highest BCUT2D eigenvalue weighted by Gasteiger charge is 2.58. The van der Waals surface area contributed by atoms with E-state index < -0.39 is 11.9 Å². The third kappa shape index (κ3) is 4.68. The number of nitrogens with zero attached hydrogens (tertiary/aromatic N) is 2. The Kier molecular flexibility index (Phi) is 6.90. The first-order valence-corrected chi connectivity index (χ1v) is 13.3. The molecule has 0 spiro atoms. The van der Waals surface area contributed by atoms with Crippen LogP contribution in [-0.4, -0.2) is 38.7 Å². The number of aliphatic imine (C=N–C) groups is 1. The number of nitrogens with one attached hydrogen (secondary N) is 2. The predicted octanol–water partition coefficient (Wildman–Crippen LogP) is 4.47. The number of rotatable bonds is 6. The van der Waals surface area contributed by atoms with Crippen molar-refractivity contribution in [3.8, 4) is 0 Å². The first-order chi connectivity index (χ1) is 17.8. The van der Waals surface area contributed by atoms with Crippen molar-refractivity contribution < 1.29 is 19.2 Å². The van der Waals surface area contributed by atoms with Crippen LogP contribution in [0.25, 0.3) is 0 Å². The van der Waals surface area contributed by atoms with Gasteiger partial charge in [-0.15, -0.1) is 0 Å². The first-order valence-electron chi connectivity index (χ1n) is 12.3. The summed E-state index contributed by atoms with van der Waals surface area (Å²) in [6.07, 6.45) is 0. The number of para-hydroxylation sites is 2. The van der Waals surface area contributed by atoms with Crippen LogP contribution in [0.2, 0.25) is 0 Å². The van der Waals surface area contributed by atoms with Crippen molar-refractivity contribution in [3.05, 3.63) is 108 Å². The quantitative estimate of drug-likeness (QED) is 0.422. The highest BCUT2D eigenvalue weighted by atomic mass is 32.2. The summed E-state index contributed by atoms with van der Waals surface area (Å²) in [5.41, 5.74) is 3.27. The van der Waals surface area contributed by atoms with Gasteiger partial charge in [0.15, 0.2) is 5.17 Å². The normalized spacial score (nSPS) is 22.1. The second-order valence-electron chi connectivity index (χ2n) is 9.58. The number of carbonyl (C=O) groups excluding carboxylic acids is 1. The lowest BCUT2D eigenvalue weighted by molar-refractivity contribution is -0.950. The van der Waals surface area contributed by atoms with E-state index in [1.807, 2.05) is 72.5 Å². The van der Waals surface area contributed by atoms with E-state index in [2.05, 4.69) is 19.2 Å². The van der Waals surface area contributed by atoms with Crippen molar-refractivity contribution >= 4 is 34.2 Å². The van der Waals surface area contributed by atoms with E-state index in [-0.39, 0.29) is 17.8 Å². The molecule has 0 bridgehead atoms. The molecular formula is C29H30FN4O2S+. The zero-order chi connectivity index (χ0) is 26.2. The molecular weight excluding hydrogens is 487 g/mol. The number of quaternary nitrogens is 1. The molecule has 37 heavy (non-hydrogen) atoms. The van der Waals surface area contributed by atoms with Gasteiger partial charge in [0.2, 0.25) is 0 Å². The third-order valence-corrected chi connectivity index (χ3v) is 7.84. The fourth-order valence-electron chi connectivity index (χ4n) is 5.22. The summed E-state index contributed by atoms with van der Waals surface area (Å²) in [5, 5.41) is 16.1. The maximum Gasteiger partial charge on any atom is 0.300 e. The van der Waals surface area contributed by atoms with Crippen LogP contribution >= 0.6 is 11.8 Å². The Morgan fingerprint density at radius 1 is 1.08 bits per heavy atom. The van der Waals surface area contributed by atoms with Gasteiger partial charge in [0, 0.05) is 5.69 Å². The molecule has 1 amide bonds. The SMILES string of the molecule is CC1=C(C(=O)Nc2ccccc2)C(c2ccc(F)cc2)N2C(=N1)SCC2(O)[NH+](c1ccccc1)C(C)C. The molecule has 0 saturated carbocycles. The molecule has 0 radical (unpaired) electrons. The van der Waals surface area contributed by atoms with E-state index in [4.69, 9.17) is 4.99 Å². The van der Waals surface area contributed by atoms with Gasteiger partial charge in [0.25, 0.3) is 11.8 Å². The number of hydrogen-bond donors (Lipinski definition) is 3. The summed E-state index contributed by atoms with van der Waals surface area (Å²) in [6, 6.07) is 24.5. The smallest absolute Gasteiger partial charge is 0.300 e. The number of amidine groups is 1. The van der Waals surface area contributed by atoms with Crippen LogP contribution in [0.5, 0.6) is 0 Å². The summed E-state index contributed by atoms with van der Waals surface area (Å²) < 4.78 is 14.0. The summed E-state index contributed by atoms with van der Waals surface area (Å²) in [6.45, 7) is 5.92. The van der Waals surface area contributed by atoms with Crippen LogP contribution in [0, 0.1) is 5.82 Å². The van der Waals surface area contributed by atoms with Gasteiger partial charge in [-0.2, -0.15) is 0 Å². The number of halogens is 1. The Bertz CT molecular complexity index is 1350. The minimum Gasteiger partial charge on any atom is -0.324 e. The van der Waals surface area contributed by atoms with Crippen LogP contribution in [0.15, 0.2) is 101 Å². The van der Waals surface area contributed by atoms with Gasteiger partial charge < -0.3 is 10.4 Å². The van der Waals surface area contributed by atoms with Gasteiger partial charge in [-0.25, -0.2) is 9.38 Å². The Hall–Kier alpha value is -3.46. The number of hydrogen-bond acceptors (Lipinski definition) is 5. The molecule has 0 aromatic heterocycles. The Labute approximate surface area is 220 Å². The van der Waals surface area contributed by atoms with Crippen molar-refractivity contribution in [3.63, 3.8) is 0 Å². The van der Waals surface area contributed by atoms with Crippen molar-refractivity contribution in [2.24, 2.45) is 4.99 Å². The molecule has 3 aromatic rings. The molecule has 1 fully saturated rings. The van der Waals surface area contributed by atoms with E-state index in [9.17, 15) is 14.3 Å². The van der Waals surface area contributed by atoms with E-state index in [0.717, 1.165) is 10.6 Å². The van der Waals surface area contributed by atoms with Gasteiger partial charge in [-0.05, 0) is 62.7 Å². The van der Waals surface area contributed by atoms with E-state index in [1.165, 1.54) is 23.9 Å². The number of thioether (sulfide) groups is 1. The molecule has 3 N–H and O–H groups in total. The Morgan fingerprint density at radius 2 is 1.70 bits per heavy atom. The van der Waals surface area contributed by atoms with Crippen LogP contribution in [0.3, 0.4) is 0 Å². The molecule has 1 saturated heterocycles. The fraction of sp³-hybridized carbons (Fsp3) is 0.241. The highest BCUT2D eigenvalue weighted by molar-refractivity contribution is 8.14. The molecule has 0 aliphatic carbocycles. The van der Waals surface area contributed by atoms with E-state index in [1.54, 1.807) is 12.1 Å². The number of fused-ring (bicyclic) bond motifs is 1. The maximum atomic E-state index is 14.0. The Morgan fingerprint density at radius 3 is 2.32 bits per heavy atom. The summed E-state index contributed by atoms with van der Waals surface area (Å²) in [5.74, 6) is -1.75. The van der Waals surface area contributed by atoms with Crippen molar-refractivity contribution in [1.29, 1.82) is 0 Å². The topological polar surface area (TPSA) is 69.4 Å². The minimum atomic E-state index is -1.42. The van der Waals surface area contributed by atoms with Crippen molar-refractivity contribution in [1.82, 2.24) is 4.90 Å². The molecule has 3 atom stereocenters. The van der Waals surface area contributed by atoms with Crippen molar-refractivity contribution in [2.45, 2.75) is 38.7 Å². The molecule has 5 rings (SSSR count). The van der Waals surface area contributed by atoms with Crippen LogP contribution in [-0.2, 0) is 4.79 Å². The lowest BCUT2D eigenvalue weighted by Gasteiger charge is -2.46. The fourth-order valence-corrected chi connectivity index (χ4v) is 6.45. The number of benzene rings is 3. The highest BCUT2D eigenvalue weighted by Crippen LogP contribution is 2.45. The molecule has 190 valence electrons. The molecule has 3 aromatic carbocycles. The molecule has 8 heteroatoms. The standard InChI is InChI=1S/C29H29FN4O2S/c1-19(2)33(24-12-8-5-9-13-24)29(36)18-37-28-31-20(3)25(27(35)32-23-10-6-4-7-11-23)26(34(28)29)21-14-16-22(30)17-15-21/h4-17,19,26,36H,18H2,1-3H3,(H,32,35)/p+1. The van der Waals surface area contributed by atoms with Gasteiger partial charge in [0.1, 0.15) is 17.3 Å². The third-order valence-electron chi connectivity index (χ3n) is 6.75. The largest absolute Gasteiger partial charge is 0.324 e. The summed E-state index contributed by atoms with van der Waals surface area (Å²) in [7, 11) is 0. The second-order valence-corrected chi connectivity index (χ2v) is 10.5. The molecule has 2 heterocycles. The van der Waals surface area contributed by atoms with Gasteiger partial charge in [-0.1, -0.05) is 60.3 Å². The average molecular weight is 518 g/mol. The van der Waals surface area contributed by atoms with E-state index in [0.29, 0.717) is 33.4 Å². The van der Waals surface area contributed by atoms with Crippen LogP contribution in [0.4, 0.5) is 15.8 Å². The van der Waals surface area contributed by atoms with Crippen LogP contribution in [0.1, 0.15) is 32.4 Å². The summed E-state index contributed by atoms with van der Waals surface area (Å²) in [4.78, 5) is 21.3. The van der Waals surface area contributed by atoms with Crippen molar-refractivity contribution in [2.75, 3.05) is 11.1 Å². The zero-order valence-electron chi connectivity index (χ0n) is 21.0. The summed E-state index contributed by atoms with van der Waals surface area (Å²) >= 11 is 1.46. The molecule has 3 unspecified atom stereocenters. The molecule has 2 aliphatic rings. The second kappa shape index (κ2) is 10.1. The van der Waals surface area contributed by atoms with Gasteiger partial charge in [0.05, 0.1) is 23.4 Å². The van der Waals surface area contributed by atoms with E-state index >= 15 is 0 Å². The number of allylic oxidation sites excluding steroid dienone is 1. The maximum absolute atomic E-state index is 14.0. The predicted molar refractivity (Wildman–Crippen MR) is 146 cm³/mol. The zero-order valence-corrected chi connectivity index (χ0v) is 21.8.